The van der Waals surface area contributed by atoms with Gasteiger partial charge in [0.2, 0.25) is 0 Å². The third-order valence-electron chi connectivity index (χ3n) is 4.32. The lowest BCUT2D eigenvalue weighted by Gasteiger charge is -2.39. The van der Waals surface area contributed by atoms with Gasteiger partial charge in [-0.05, 0) is 38.5 Å². The minimum atomic E-state index is -0.581. The van der Waals surface area contributed by atoms with Gasteiger partial charge in [-0.1, -0.05) is 30.2 Å². The van der Waals surface area contributed by atoms with Gasteiger partial charge < -0.3 is 10.2 Å². The van der Waals surface area contributed by atoms with E-state index in [0.29, 0.717) is 12.3 Å². The van der Waals surface area contributed by atoms with E-state index in [-0.39, 0.29) is 5.92 Å². The smallest absolute Gasteiger partial charge is 0.0864 e. The molecule has 0 fully saturated rings. The maximum Gasteiger partial charge on any atom is 0.0864 e. The molecular weight excluding hydrogens is 200 g/mol. The van der Waals surface area contributed by atoms with Crippen LogP contribution in [0, 0.1) is 11.8 Å². The van der Waals surface area contributed by atoms with E-state index in [4.69, 9.17) is 0 Å². The van der Waals surface area contributed by atoms with Crippen LogP contribution >= 0.6 is 0 Å². The van der Waals surface area contributed by atoms with Crippen LogP contribution in [0.5, 0.6) is 0 Å². The molecule has 0 amide bonds. The van der Waals surface area contributed by atoms with Crippen LogP contribution < -0.4 is 0 Å². The zero-order chi connectivity index (χ0) is 11.9. The van der Waals surface area contributed by atoms with E-state index in [9.17, 15) is 10.2 Å². The maximum atomic E-state index is 9.90. The fraction of sp³-hybridized carbons (Fsp3) is 0.714. The summed E-state index contributed by atoms with van der Waals surface area (Å²) < 4.78 is 0. The largest absolute Gasteiger partial charge is 0.390 e. The number of aliphatic hydroxyl groups excluding tert-OH is 2. The highest BCUT2D eigenvalue weighted by Crippen LogP contribution is 2.42. The Bertz CT molecular complexity index is 330. The minimum Gasteiger partial charge on any atom is -0.390 e. The molecule has 2 heteroatoms. The molecular formula is C14H22O2. The lowest BCUT2D eigenvalue weighted by molar-refractivity contribution is -0.0142. The summed E-state index contributed by atoms with van der Waals surface area (Å²) >= 11 is 0. The van der Waals surface area contributed by atoms with Gasteiger partial charge >= 0.3 is 0 Å². The average Bonchev–Trinajstić information content (AvgIpc) is 2.25. The Hall–Kier alpha value is -0.600. The highest BCUT2D eigenvalue weighted by molar-refractivity contribution is 5.27. The second-order valence-electron chi connectivity index (χ2n) is 5.47. The first-order chi connectivity index (χ1) is 7.50. The van der Waals surface area contributed by atoms with Crippen LogP contribution in [0.4, 0.5) is 0 Å². The molecule has 4 atom stereocenters. The Labute approximate surface area is 97.7 Å². The summed E-state index contributed by atoms with van der Waals surface area (Å²) in [5.41, 5.74) is 4.03. The summed E-state index contributed by atoms with van der Waals surface area (Å²) in [6.45, 7) is 8.16. The Morgan fingerprint density at radius 1 is 1.31 bits per heavy atom. The van der Waals surface area contributed by atoms with Crippen LogP contribution in [-0.2, 0) is 0 Å². The van der Waals surface area contributed by atoms with Crippen molar-refractivity contribution in [2.45, 2.75) is 51.7 Å². The molecule has 2 aliphatic carbocycles. The molecule has 90 valence electrons. The van der Waals surface area contributed by atoms with Crippen LogP contribution in [-0.4, -0.2) is 22.4 Å². The topological polar surface area (TPSA) is 40.5 Å². The Kier molecular flexibility index (Phi) is 3.22. The molecule has 0 aromatic carbocycles. The van der Waals surface area contributed by atoms with Gasteiger partial charge in [-0.2, -0.15) is 0 Å². The molecule has 16 heavy (non-hydrogen) atoms. The van der Waals surface area contributed by atoms with Crippen molar-refractivity contribution < 1.29 is 10.2 Å². The van der Waals surface area contributed by atoms with Crippen LogP contribution in [0.25, 0.3) is 0 Å². The molecule has 2 aliphatic rings. The van der Waals surface area contributed by atoms with E-state index in [1.165, 1.54) is 16.7 Å². The molecule has 0 saturated carbocycles. The molecule has 0 saturated heterocycles. The van der Waals surface area contributed by atoms with E-state index in [1.54, 1.807) is 0 Å². The monoisotopic (exact) mass is 222 g/mol. The minimum absolute atomic E-state index is 0.112. The summed E-state index contributed by atoms with van der Waals surface area (Å²) in [5, 5.41) is 19.7. The quantitative estimate of drug-likeness (QED) is 0.669. The van der Waals surface area contributed by atoms with Gasteiger partial charge in [0.05, 0.1) is 12.2 Å². The summed E-state index contributed by atoms with van der Waals surface area (Å²) in [7, 11) is 0. The molecule has 2 rings (SSSR count). The summed E-state index contributed by atoms with van der Waals surface area (Å²) in [6.07, 6.45) is 2.79. The van der Waals surface area contributed by atoms with Crippen molar-refractivity contribution >= 4 is 0 Å². The fourth-order valence-electron chi connectivity index (χ4n) is 3.10. The molecule has 0 aromatic rings. The van der Waals surface area contributed by atoms with E-state index >= 15 is 0 Å². The molecule has 0 heterocycles. The third kappa shape index (κ3) is 1.96. The predicted octanol–water partition coefficient (Wildman–Crippen LogP) is 2.42. The number of rotatable bonds is 1. The van der Waals surface area contributed by atoms with E-state index in [1.807, 2.05) is 6.92 Å². The third-order valence-corrected chi connectivity index (χ3v) is 4.32. The van der Waals surface area contributed by atoms with Crippen LogP contribution in [0.15, 0.2) is 23.3 Å². The number of hydrogen-bond donors (Lipinski definition) is 2. The van der Waals surface area contributed by atoms with Gasteiger partial charge in [-0.3, -0.25) is 0 Å². The van der Waals surface area contributed by atoms with Crippen molar-refractivity contribution in [1.29, 1.82) is 0 Å². The summed E-state index contributed by atoms with van der Waals surface area (Å²) in [6, 6.07) is 0. The molecule has 0 bridgehead atoms. The second-order valence-corrected chi connectivity index (χ2v) is 5.47. The van der Waals surface area contributed by atoms with Gasteiger partial charge in [0, 0.05) is 5.92 Å². The first-order valence-electron chi connectivity index (χ1n) is 6.23. The Morgan fingerprint density at radius 2 is 2.00 bits per heavy atom. The van der Waals surface area contributed by atoms with Gasteiger partial charge in [0.15, 0.2) is 0 Å². The predicted molar refractivity (Wildman–Crippen MR) is 65.0 cm³/mol. The molecule has 2 nitrogen and oxygen atoms in total. The highest BCUT2D eigenvalue weighted by Gasteiger charge is 2.36. The standard InChI is InChI=1S/C14H22O2/c1-8(2)10-4-5-11-7-13(15)14(16)9(3)12(11)6-10/h9-10,13-16H,1,4-7H2,2-3H3/t9?,10-,13-,14-/m1/s1. The van der Waals surface area contributed by atoms with Crippen molar-refractivity contribution in [2.24, 2.45) is 11.8 Å². The molecule has 0 radical (unpaired) electrons. The molecule has 1 unspecified atom stereocenters. The van der Waals surface area contributed by atoms with Crippen molar-refractivity contribution in [2.75, 3.05) is 0 Å². The van der Waals surface area contributed by atoms with Crippen molar-refractivity contribution in [3.63, 3.8) is 0 Å². The first-order valence-corrected chi connectivity index (χ1v) is 6.23. The van der Waals surface area contributed by atoms with Crippen LogP contribution in [0.2, 0.25) is 0 Å². The zero-order valence-electron chi connectivity index (χ0n) is 10.2. The van der Waals surface area contributed by atoms with Gasteiger partial charge in [0.25, 0.3) is 0 Å². The number of hydrogen-bond acceptors (Lipinski definition) is 2. The lowest BCUT2D eigenvalue weighted by Crippen LogP contribution is -2.39. The van der Waals surface area contributed by atoms with Crippen LogP contribution in [0.3, 0.4) is 0 Å². The Morgan fingerprint density at radius 3 is 2.62 bits per heavy atom. The van der Waals surface area contributed by atoms with E-state index in [0.717, 1.165) is 19.3 Å². The molecule has 0 aliphatic heterocycles. The van der Waals surface area contributed by atoms with Crippen molar-refractivity contribution in [1.82, 2.24) is 0 Å². The van der Waals surface area contributed by atoms with Crippen LogP contribution in [0.1, 0.15) is 39.5 Å². The number of allylic oxidation sites excluding steroid dienone is 1. The van der Waals surface area contributed by atoms with Crippen molar-refractivity contribution in [3.8, 4) is 0 Å². The summed E-state index contributed by atoms with van der Waals surface area (Å²) in [5.74, 6) is 0.685. The van der Waals surface area contributed by atoms with Crippen molar-refractivity contribution in [3.05, 3.63) is 23.3 Å². The van der Waals surface area contributed by atoms with E-state index in [2.05, 4.69) is 13.5 Å². The second kappa shape index (κ2) is 4.34. The van der Waals surface area contributed by atoms with Gasteiger partial charge in [-0.25, -0.2) is 0 Å². The average molecular weight is 222 g/mol. The normalized spacial score (nSPS) is 39.5. The fourth-order valence-corrected chi connectivity index (χ4v) is 3.10. The van der Waals surface area contributed by atoms with E-state index < -0.39 is 12.2 Å². The molecule has 0 aromatic heterocycles. The maximum absolute atomic E-state index is 9.90. The first kappa shape index (κ1) is 11.9. The highest BCUT2D eigenvalue weighted by atomic mass is 16.3. The molecule has 0 spiro atoms. The summed E-state index contributed by atoms with van der Waals surface area (Å²) in [4.78, 5) is 0. The van der Waals surface area contributed by atoms with Gasteiger partial charge in [-0.15, -0.1) is 0 Å². The number of aliphatic hydroxyl groups is 2. The zero-order valence-corrected chi connectivity index (χ0v) is 10.2. The SMILES string of the molecule is C=C(C)[C@@H]1CCC2=C(C1)C(C)[C@@H](O)[C@H](O)C2. The molecule has 2 N–H and O–H groups in total. The Balaban J connectivity index is 2.22. The van der Waals surface area contributed by atoms with Gasteiger partial charge in [0.1, 0.15) is 0 Å². The lowest BCUT2D eigenvalue weighted by atomic mass is 9.70.